The van der Waals surface area contributed by atoms with E-state index in [1.165, 1.54) is 0 Å². The van der Waals surface area contributed by atoms with Gasteiger partial charge in [0.15, 0.2) is 0 Å². The van der Waals surface area contributed by atoms with E-state index in [-0.39, 0.29) is 6.10 Å². The molecule has 2 atom stereocenters. The lowest BCUT2D eigenvalue weighted by Gasteiger charge is -2.21. The van der Waals surface area contributed by atoms with E-state index >= 15 is 0 Å². The number of para-hydroxylation sites is 1. The van der Waals surface area contributed by atoms with E-state index in [0.717, 1.165) is 51.5 Å². The molecular formula is C20H22N2O3S. The molecule has 4 rings (SSSR count). The van der Waals surface area contributed by atoms with Crippen molar-refractivity contribution < 1.29 is 14.1 Å². The van der Waals surface area contributed by atoms with E-state index in [0.29, 0.717) is 6.54 Å². The van der Waals surface area contributed by atoms with Crippen molar-refractivity contribution in [3.63, 3.8) is 0 Å². The van der Waals surface area contributed by atoms with Crippen molar-refractivity contribution in [1.82, 2.24) is 4.98 Å². The van der Waals surface area contributed by atoms with Crippen LogP contribution in [0.2, 0.25) is 0 Å². The smallest absolute Gasteiger partial charge is 0.142 e. The Morgan fingerprint density at radius 3 is 2.81 bits per heavy atom. The molecule has 2 aromatic carbocycles. The predicted octanol–water partition coefficient (Wildman–Crippen LogP) is 3.15. The number of rotatable bonds is 4. The molecule has 136 valence electrons. The van der Waals surface area contributed by atoms with Crippen LogP contribution in [0.25, 0.3) is 22.2 Å². The van der Waals surface area contributed by atoms with Crippen molar-refractivity contribution in [3.8, 4) is 17.0 Å². The van der Waals surface area contributed by atoms with Crippen LogP contribution >= 0.6 is 0 Å². The highest BCUT2D eigenvalue weighted by molar-refractivity contribution is 7.84. The molecule has 1 saturated heterocycles. The third-order valence-electron chi connectivity index (χ3n) is 4.93. The Morgan fingerprint density at radius 2 is 2.12 bits per heavy atom. The van der Waals surface area contributed by atoms with Gasteiger partial charge in [-0.15, -0.1) is 0 Å². The van der Waals surface area contributed by atoms with Gasteiger partial charge in [0.1, 0.15) is 5.75 Å². The monoisotopic (exact) mass is 370 g/mol. The van der Waals surface area contributed by atoms with Gasteiger partial charge in [-0.2, -0.15) is 0 Å². The number of fused-ring (bicyclic) bond motifs is 1. The molecule has 6 heteroatoms. The summed E-state index contributed by atoms with van der Waals surface area (Å²) in [5, 5.41) is 11.0. The number of aliphatic hydroxyl groups excluding tert-OH is 1. The normalized spacial score (nSPS) is 18.4. The Hall–Kier alpha value is -2.31. The Kier molecular flexibility index (Phi) is 4.46. The zero-order valence-corrected chi connectivity index (χ0v) is 15.7. The topological polar surface area (TPSA) is 65.6 Å². The van der Waals surface area contributed by atoms with Crippen molar-refractivity contribution in [2.24, 2.45) is 0 Å². The molecule has 0 bridgehead atoms. The van der Waals surface area contributed by atoms with Crippen LogP contribution in [0.4, 0.5) is 5.69 Å². The van der Waals surface area contributed by atoms with E-state index in [2.05, 4.69) is 16.0 Å². The number of nitrogens with zero attached hydrogens (tertiary/aromatic N) is 1. The number of hydrogen-bond acceptors (Lipinski definition) is 4. The average molecular weight is 370 g/mol. The van der Waals surface area contributed by atoms with Crippen LogP contribution in [0.3, 0.4) is 0 Å². The van der Waals surface area contributed by atoms with Gasteiger partial charge in [-0.1, -0.05) is 12.1 Å². The molecule has 1 aromatic heterocycles. The van der Waals surface area contributed by atoms with Crippen LogP contribution in [0.1, 0.15) is 6.42 Å². The molecule has 3 aromatic rings. The number of aromatic nitrogens is 1. The van der Waals surface area contributed by atoms with Crippen LogP contribution in [-0.2, 0) is 10.8 Å². The third-order valence-corrected chi connectivity index (χ3v) is 5.85. The van der Waals surface area contributed by atoms with Gasteiger partial charge in [-0.3, -0.25) is 4.21 Å². The fourth-order valence-electron chi connectivity index (χ4n) is 3.59. The summed E-state index contributed by atoms with van der Waals surface area (Å²) >= 11 is 0. The maximum atomic E-state index is 12.0. The van der Waals surface area contributed by atoms with Crippen molar-refractivity contribution in [1.29, 1.82) is 0 Å². The lowest BCUT2D eigenvalue weighted by atomic mass is 10.1. The minimum absolute atomic E-state index is 0.300. The number of β-amino-alcohol motifs (C(OH)–C–C–N with tert-alkyl or cyclic N) is 1. The van der Waals surface area contributed by atoms with Crippen LogP contribution in [0.5, 0.6) is 5.75 Å². The number of methoxy groups -OCH3 is 1. The number of H-pyrrole nitrogens is 1. The Bertz CT molecular complexity index is 982. The van der Waals surface area contributed by atoms with Gasteiger partial charge in [0, 0.05) is 57.4 Å². The van der Waals surface area contributed by atoms with E-state index in [9.17, 15) is 9.32 Å². The largest absolute Gasteiger partial charge is 0.495 e. The molecule has 26 heavy (non-hydrogen) atoms. The average Bonchev–Trinajstić information content (AvgIpc) is 3.26. The first-order valence-electron chi connectivity index (χ1n) is 8.63. The molecule has 0 saturated carbocycles. The van der Waals surface area contributed by atoms with Gasteiger partial charge in [-0.25, -0.2) is 0 Å². The van der Waals surface area contributed by atoms with Crippen molar-refractivity contribution in [2.45, 2.75) is 17.4 Å². The zero-order chi connectivity index (χ0) is 18.3. The second-order valence-corrected chi connectivity index (χ2v) is 8.01. The summed E-state index contributed by atoms with van der Waals surface area (Å²) in [5.74, 6) is 0.794. The summed E-state index contributed by atoms with van der Waals surface area (Å²) in [6.45, 7) is 1.43. The van der Waals surface area contributed by atoms with Crippen LogP contribution < -0.4 is 9.64 Å². The minimum atomic E-state index is -1.06. The maximum absolute atomic E-state index is 12.0. The number of ether oxygens (including phenoxy) is 1. The molecule has 0 amide bonds. The standard InChI is InChI=1S/C20H22N2O3S/c1-25-19-5-3-4-13-10-17(21-20(13)19)16-11-15(26(2)24)6-7-18(16)22-9-8-14(23)12-22/h3-7,10-11,14,21,23H,8-9,12H2,1-2H3/t14?,26-/m1/s1. The van der Waals surface area contributed by atoms with E-state index < -0.39 is 10.8 Å². The number of aliphatic hydroxyl groups is 1. The molecule has 2 N–H and O–H groups in total. The Labute approximate surface area is 155 Å². The molecule has 1 aliphatic heterocycles. The third kappa shape index (κ3) is 2.99. The first-order chi connectivity index (χ1) is 12.6. The van der Waals surface area contributed by atoms with E-state index in [4.69, 9.17) is 4.74 Å². The lowest BCUT2D eigenvalue weighted by Crippen LogP contribution is -2.21. The molecule has 5 nitrogen and oxygen atoms in total. The summed E-state index contributed by atoms with van der Waals surface area (Å²) in [4.78, 5) is 6.43. The molecule has 1 unspecified atom stereocenters. The SMILES string of the molecule is COc1cccc2cc(-c3cc([S@@](C)=O)ccc3N3CCC(O)C3)[nH]c12. The van der Waals surface area contributed by atoms with Crippen LogP contribution in [0.15, 0.2) is 47.4 Å². The molecule has 1 aliphatic rings. The van der Waals surface area contributed by atoms with E-state index in [1.54, 1.807) is 13.4 Å². The molecule has 1 fully saturated rings. The number of nitrogens with one attached hydrogen (secondary N) is 1. The Morgan fingerprint density at radius 1 is 1.27 bits per heavy atom. The van der Waals surface area contributed by atoms with Crippen molar-refractivity contribution in [3.05, 3.63) is 42.5 Å². The first-order valence-corrected chi connectivity index (χ1v) is 10.2. The minimum Gasteiger partial charge on any atom is -0.495 e. The zero-order valence-electron chi connectivity index (χ0n) is 14.9. The molecule has 0 aliphatic carbocycles. The number of anilines is 1. The second kappa shape index (κ2) is 6.78. The summed E-state index contributed by atoms with van der Waals surface area (Å²) < 4.78 is 17.5. The van der Waals surface area contributed by atoms with Crippen molar-refractivity contribution in [2.75, 3.05) is 31.4 Å². The second-order valence-electron chi connectivity index (χ2n) is 6.63. The summed E-state index contributed by atoms with van der Waals surface area (Å²) in [6.07, 6.45) is 2.15. The number of hydrogen-bond donors (Lipinski definition) is 2. The van der Waals surface area contributed by atoms with Gasteiger partial charge >= 0.3 is 0 Å². The highest BCUT2D eigenvalue weighted by atomic mass is 32.2. The molecule has 0 spiro atoms. The summed E-state index contributed by atoms with van der Waals surface area (Å²) in [5.41, 5.74) is 3.93. The molecule has 2 heterocycles. The maximum Gasteiger partial charge on any atom is 0.142 e. The van der Waals surface area contributed by atoms with E-state index in [1.807, 2.05) is 36.4 Å². The quantitative estimate of drug-likeness (QED) is 0.740. The molecule has 0 radical (unpaired) electrons. The van der Waals surface area contributed by atoms with Gasteiger partial charge in [0.05, 0.1) is 18.7 Å². The molecular weight excluding hydrogens is 348 g/mol. The van der Waals surface area contributed by atoms with Crippen LogP contribution in [0, 0.1) is 0 Å². The Balaban J connectivity index is 1.88. The summed E-state index contributed by atoms with van der Waals surface area (Å²) in [6, 6.07) is 13.9. The highest BCUT2D eigenvalue weighted by Gasteiger charge is 2.24. The fourth-order valence-corrected chi connectivity index (χ4v) is 4.13. The van der Waals surface area contributed by atoms with Crippen molar-refractivity contribution >= 4 is 27.4 Å². The summed E-state index contributed by atoms with van der Waals surface area (Å²) in [7, 11) is 0.600. The van der Waals surface area contributed by atoms with Gasteiger partial charge in [0.2, 0.25) is 0 Å². The first kappa shape index (κ1) is 17.1. The lowest BCUT2D eigenvalue weighted by molar-refractivity contribution is 0.198. The highest BCUT2D eigenvalue weighted by Crippen LogP contribution is 2.37. The van der Waals surface area contributed by atoms with Gasteiger partial charge in [-0.05, 0) is 36.8 Å². The number of aromatic amines is 1. The van der Waals surface area contributed by atoms with Gasteiger partial charge in [0.25, 0.3) is 0 Å². The predicted molar refractivity (Wildman–Crippen MR) is 105 cm³/mol. The number of benzene rings is 2. The van der Waals surface area contributed by atoms with Crippen LogP contribution in [-0.4, -0.2) is 46.9 Å². The fraction of sp³-hybridized carbons (Fsp3) is 0.300. The van der Waals surface area contributed by atoms with Gasteiger partial charge < -0.3 is 19.7 Å².